The topological polar surface area (TPSA) is 38.9 Å². The van der Waals surface area contributed by atoms with E-state index in [1.54, 1.807) is 6.07 Å². The van der Waals surface area contributed by atoms with E-state index in [2.05, 4.69) is 10.2 Å². The van der Waals surface area contributed by atoms with Crippen molar-refractivity contribution in [1.82, 2.24) is 10.2 Å². The Kier molecular flexibility index (Phi) is 3.05. The third-order valence-electron chi connectivity index (χ3n) is 2.80. The molecule has 19 heavy (non-hydrogen) atoms. The molecule has 1 heterocycles. The van der Waals surface area contributed by atoms with Gasteiger partial charge in [-0.3, -0.25) is 0 Å². The second kappa shape index (κ2) is 4.86. The van der Waals surface area contributed by atoms with Gasteiger partial charge in [0.15, 0.2) is 0 Å². The second-order valence-electron chi connectivity index (χ2n) is 4.29. The lowest BCUT2D eigenvalue weighted by Crippen LogP contribution is -1.78. The van der Waals surface area contributed by atoms with Crippen molar-refractivity contribution in [2.24, 2.45) is 0 Å². The van der Waals surface area contributed by atoms with Gasteiger partial charge in [0.05, 0.1) is 0 Å². The first-order valence-electron chi connectivity index (χ1n) is 5.89. The lowest BCUT2D eigenvalue weighted by atomic mass is 10.1. The number of halogens is 1. The van der Waals surface area contributed by atoms with Crippen molar-refractivity contribution < 1.29 is 4.42 Å². The van der Waals surface area contributed by atoms with Crippen molar-refractivity contribution in [2.75, 3.05) is 0 Å². The molecule has 0 saturated heterocycles. The second-order valence-corrected chi connectivity index (χ2v) is 4.73. The molecule has 94 valence electrons. The number of rotatable bonds is 2. The Balaban J connectivity index is 1.97. The summed E-state index contributed by atoms with van der Waals surface area (Å²) < 4.78 is 5.67. The van der Waals surface area contributed by atoms with Crippen LogP contribution in [0, 0.1) is 6.92 Å². The quantitative estimate of drug-likeness (QED) is 0.694. The van der Waals surface area contributed by atoms with Crippen LogP contribution >= 0.6 is 11.6 Å². The van der Waals surface area contributed by atoms with Gasteiger partial charge in [-0.1, -0.05) is 35.4 Å². The lowest BCUT2D eigenvalue weighted by molar-refractivity contribution is 0.584. The van der Waals surface area contributed by atoms with Crippen LogP contribution in [0.5, 0.6) is 0 Å². The molecule has 0 atom stereocenters. The fourth-order valence-electron chi connectivity index (χ4n) is 1.77. The zero-order valence-electron chi connectivity index (χ0n) is 10.3. The number of nitrogens with zero attached hydrogens (tertiary/aromatic N) is 2. The molecule has 0 fully saturated rings. The Labute approximate surface area is 115 Å². The molecule has 3 aromatic rings. The number of aromatic nitrogens is 2. The van der Waals surface area contributed by atoms with E-state index in [9.17, 15) is 0 Å². The third kappa shape index (κ3) is 2.51. The van der Waals surface area contributed by atoms with Crippen LogP contribution in [-0.2, 0) is 0 Å². The van der Waals surface area contributed by atoms with Gasteiger partial charge in [-0.05, 0) is 37.3 Å². The molecule has 0 amide bonds. The molecule has 0 aliphatic carbocycles. The highest BCUT2D eigenvalue weighted by Crippen LogP contribution is 2.25. The molecule has 0 radical (unpaired) electrons. The maximum Gasteiger partial charge on any atom is 0.248 e. The summed E-state index contributed by atoms with van der Waals surface area (Å²) in [6.07, 6.45) is 0. The van der Waals surface area contributed by atoms with Gasteiger partial charge in [0.1, 0.15) is 0 Å². The highest BCUT2D eigenvalue weighted by Gasteiger charge is 2.10. The molecular weight excluding hydrogens is 260 g/mol. The molecule has 0 aliphatic rings. The maximum atomic E-state index is 5.95. The first-order valence-corrected chi connectivity index (χ1v) is 6.27. The van der Waals surface area contributed by atoms with Crippen LogP contribution < -0.4 is 0 Å². The Bertz CT molecular complexity index is 704. The summed E-state index contributed by atoms with van der Waals surface area (Å²) in [5, 5.41) is 8.76. The van der Waals surface area contributed by atoms with Crippen LogP contribution in [0.1, 0.15) is 5.56 Å². The normalized spacial score (nSPS) is 10.6. The maximum absolute atomic E-state index is 5.95. The molecular formula is C15H11ClN2O. The van der Waals surface area contributed by atoms with E-state index in [0.29, 0.717) is 16.8 Å². The largest absolute Gasteiger partial charge is 0.416 e. The zero-order chi connectivity index (χ0) is 13.2. The van der Waals surface area contributed by atoms with E-state index in [4.69, 9.17) is 16.0 Å². The summed E-state index contributed by atoms with van der Waals surface area (Å²) in [6, 6.07) is 15.3. The Morgan fingerprint density at radius 2 is 1.58 bits per heavy atom. The predicted octanol–water partition coefficient (Wildman–Crippen LogP) is 4.37. The minimum Gasteiger partial charge on any atom is -0.416 e. The average molecular weight is 271 g/mol. The summed E-state index contributed by atoms with van der Waals surface area (Å²) in [6.45, 7) is 2.04. The van der Waals surface area contributed by atoms with E-state index in [1.165, 1.54) is 5.56 Å². The van der Waals surface area contributed by atoms with E-state index in [1.807, 2.05) is 49.4 Å². The van der Waals surface area contributed by atoms with E-state index >= 15 is 0 Å². The van der Waals surface area contributed by atoms with Gasteiger partial charge >= 0.3 is 0 Å². The zero-order valence-corrected chi connectivity index (χ0v) is 11.1. The molecule has 0 bridgehead atoms. The highest BCUT2D eigenvalue weighted by atomic mass is 35.5. The highest BCUT2D eigenvalue weighted by molar-refractivity contribution is 6.30. The summed E-state index contributed by atoms with van der Waals surface area (Å²) in [5.41, 5.74) is 2.92. The first kappa shape index (κ1) is 11.9. The van der Waals surface area contributed by atoms with Gasteiger partial charge in [-0.25, -0.2) is 0 Å². The van der Waals surface area contributed by atoms with E-state index < -0.39 is 0 Å². The van der Waals surface area contributed by atoms with Crippen LogP contribution in [0.25, 0.3) is 22.9 Å². The van der Waals surface area contributed by atoms with Gasteiger partial charge in [0.25, 0.3) is 0 Å². The molecule has 1 aromatic heterocycles. The van der Waals surface area contributed by atoms with Crippen LogP contribution in [0.4, 0.5) is 0 Å². The Morgan fingerprint density at radius 1 is 0.895 bits per heavy atom. The fraction of sp³-hybridized carbons (Fsp3) is 0.0667. The standard InChI is InChI=1S/C15H11ClN2O/c1-10-5-7-11(8-6-10)14-17-18-15(19-14)12-3-2-4-13(16)9-12/h2-9H,1H3. The third-order valence-corrected chi connectivity index (χ3v) is 3.03. The summed E-state index contributed by atoms with van der Waals surface area (Å²) >= 11 is 5.95. The van der Waals surface area contributed by atoms with Crippen molar-refractivity contribution in [3.05, 3.63) is 59.1 Å². The number of hydrogen-bond acceptors (Lipinski definition) is 3. The number of aryl methyl sites for hydroxylation is 1. The van der Waals surface area contributed by atoms with Gasteiger partial charge in [-0.2, -0.15) is 0 Å². The lowest BCUT2D eigenvalue weighted by Gasteiger charge is -1.96. The fourth-order valence-corrected chi connectivity index (χ4v) is 1.96. The molecule has 3 rings (SSSR count). The Morgan fingerprint density at radius 3 is 2.26 bits per heavy atom. The summed E-state index contributed by atoms with van der Waals surface area (Å²) in [7, 11) is 0. The number of benzene rings is 2. The van der Waals surface area contributed by atoms with Crippen molar-refractivity contribution >= 4 is 11.6 Å². The van der Waals surface area contributed by atoms with Gasteiger partial charge in [0.2, 0.25) is 11.8 Å². The molecule has 0 spiro atoms. The average Bonchev–Trinajstić information content (AvgIpc) is 2.89. The molecule has 0 unspecified atom stereocenters. The monoisotopic (exact) mass is 270 g/mol. The van der Waals surface area contributed by atoms with Crippen molar-refractivity contribution in [3.63, 3.8) is 0 Å². The van der Waals surface area contributed by atoms with Gasteiger partial charge in [0, 0.05) is 16.1 Å². The van der Waals surface area contributed by atoms with Gasteiger partial charge < -0.3 is 4.42 Å². The van der Waals surface area contributed by atoms with E-state index in [-0.39, 0.29) is 0 Å². The predicted molar refractivity (Wildman–Crippen MR) is 74.9 cm³/mol. The number of hydrogen-bond donors (Lipinski definition) is 0. The van der Waals surface area contributed by atoms with Crippen molar-refractivity contribution in [2.45, 2.75) is 6.92 Å². The van der Waals surface area contributed by atoms with Crippen LogP contribution in [0.2, 0.25) is 5.02 Å². The molecule has 2 aromatic carbocycles. The molecule has 0 N–H and O–H groups in total. The summed E-state index contributed by atoms with van der Waals surface area (Å²) in [4.78, 5) is 0. The Hall–Kier alpha value is -2.13. The molecule has 3 nitrogen and oxygen atoms in total. The smallest absolute Gasteiger partial charge is 0.248 e. The van der Waals surface area contributed by atoms with Gasteiger partial charge in [-0.15, -0.1) is 10.2 Å². The SMILES string of the molecule is Cc1ccc(-c2nnc(-c3cccc(Cl)c3)o2)cc1. The van der Waals surface area contributed by atoms with Crippen LogP contribution in [-0.4, -0.2) is 10.2 Å². The molecule has 0 aliphatic heterocycles. The van der Waals surface area contributed by atoms with Crippen LogP contribution in [0.15, 0.2) is 52.9 Å². The molecule has 4 heteroatoms. The minimum absolute atomic E-state index is 0.470. The summed E-state index contributed by atoms with van der Waals surface area (Å²) in [5.74, 6) is 0.980. The molecule has 0 saturated carbocycles. The van der Waals surface area contributed by atoms with Crippen molar-refractivity contribution in [1.29, 1.82) is 0 Å². The first-order chi connectivity index (χ1) is 9.22. The minimum atomic E-state index is 0.470. The van der Waals surface area contributed by atoms with Crippen LogP contribution in [0.3, 0.4) is 0 Å². The van der Waals surface area contributed by atoms with E-state index in [0.717, 1.165) is 11.1 Å². The van der Waals surface area contributed by atoms with Crippen molar-refractivity contribution in [3.8, 4) is 22.9 Å².